The molecule has 0 atom stereocenters. The van der Waals surface area contributed by atoms with E-state index in [4.69, 9.17) is 17.3 Å². The number of nitrogens with two attached hydrogens (primary N) is 1. The molecular weight excluding hydrogens is 389 g/mol. The van der Waals surface area contributed by atoms with Gasteiger partial charge in [0.25, 0.3) is 0 Å². The molecule has 0 aliphatic carbocycles. The lowest BCUT2D eigenvalue weighted by Crippen LogP contribution is -2.35. The first kappa shape index (κ1) is 15.6. The van der Waals surface area contributed by atoms with Crippen LogP contribution in [0.15, 0.2) is 18.2 Å². The molecule has 0 unspecified atom stereocenters. The van der Waals surface area contributed by atoms with Gasteiger partial charge in [-0.25, -0.2) is 4.98 Å². The summed E-state index contributed by atoms with van der Waals surface area (Å²) in [6, 6.07) is 6.09. The van der Waals surface area contributed by atoms with Crippen molar-refractivity contribution in [2.75, 3.05) is 5.88 Å². The van der Waals surface area contributed by atoms with Gasteiger partial charge < -0.3 is 10.3 Å². The van der Waals surface area contributed by atoms with Gasteiger partial charge in [0, 0.05) is 22.4 Å². The Morgan fingerprint density at radius 3 is 2.80 bits per heavy atom. The maximum Gasteiger partial charge on any atom is 0.224 e. The van der Waals surface area contributed by atoms with E-state index in [9.17, 15) is 4.79 Å². The van der Waals surface area contributed by atoms with Crippen molar-refractivity contribution in [3.8, 4) is 0 Å². The van der Waals surface area contributed by atoms with Gasteiger partial charge in [0.2, 0.25) is 5.91 Å². The number of aryl methyl sites for hydroxylation is 1. The molecule has 0 spiro atoms. The fraction of sp³-hybridized carbons (Fsp3) is 0.429. The second-order valence-electron chi connectivity index (χ2n) is 5.43. The lowest BCUT2D eigenvalue weighted by atomic mass is 9.92. The molecule has 6 heteroatoms. The number of imidazole rings is 1. The van der Waals surface area contributed by atoms with Gasteiger partial charge in [-0.15, -0.1) is 11.6 Å². The number of carbonyl (C=O) groups is 1. The second-order valence-corrected chi connectivity index (χ2v) is 7.06. The highest BCUT2D eigenvalue weighted by atomic mass is 127. The number of benzene rings is 1. The number of hydrogen-bond donors (Lipinski definition) is 1. The number of fused-ring (bicyclic) bond motifs is 1. The Kier molecular flexibility index (Phi) is 4.59. The Labute approximate surface area is 136 Å². The van der Waals surface area contributed by atoms with E-state index in [1.165, 1.54) is 0 Å². The highest BCUT2D eigenvalue weighted by Crippen LogP contribution is 2.25. The van der Waals surface area contributed by atoms with Gasteiger partial charge in [0.05, 0.1) is 16.4 Å². The summed E-state index contributed by atoms with van der Waals surface area (Å²) in [4.78, 5) is 16.2. The van der Waals surface area contributed by atoms with Crippen LogP contribution in [0.25, 0.3) is 11.0 Å². The molecule has 1 aromatic carbocycles. The lowest BCUT2D eigenvalue weighted by Gasteiger charge is -2.22. The molecule has 0 bridgehead atoms. The van der Waals surface area contributed by atoms with Crippen molar-refractivity contribution >= 4 is 51.1 Å². The Morgan fingerprint density at radius 1 is 1.50 bits per heavy atom. The molecule has 2 N–H and O–H groups in total. The minimum absolute atomic E-state index is 0.318. The number of rotatable bonds is 5. The van der Waals surface area contributed by atoms with Crippen LogP contribution in [0.5, 0.6) is 0 Å². The van der Waals surface area contributed by atoms with Gasteiger partial charge in [-0.1, -0.05) is 0 Å². The Morgan fingerprint density at radius 2 is 2.20 bits per heavy atom. The number of nitrogens with zero attached hydrogens (tertiary/aromatic N) is 2. The molecule has 1 amide bonds. The van der Waals surface area contributed by atoms with E-state index in [0.29, 0.717) is 18.8 Å². The lowest BCUT2D eigenvalue weighted by molar-refractivity contribution is -0.126. The maximum absolute atomic E-state index is 11.6. The molecular formula is C14H17ClIN3O. The van der Waals surface area contributed by atoms with Gasteiger partial charge in [-0.3, -0.25) is 4.79 Å². The minimum atomic E-state index is -0.627. The SMILES string of the molecule is CC(C)(Cn1c(CCCl)nc2cc(I)ccc21)C(N)=O. The molecule has 0 radical (unpaired) electrons. The largest absolute Gasteiger partial charge is 0.369 e. The van der Waals surface area contributed by atoms with Crippen molar-refractivity contribution in [1.29, 1.82) is 0 Å². The molecule has 2 aromatic rings. The summed E-state index contributed by atoms with van der Waals surface area (Å²) in [6.07, 6.45) is 0.668. The first-order valence-corrected chi connectivity index (χ1v) is 7.97. The third kappa shape index (κ3) is 3.09. The molecule has 1 heterocycles. The first-order chi connectivity index (χ1) is 9.35. The fourth-order valence-corrected chi connectivity index (χ4v) is 2.72. The zero-order valence-corrected chi connectivity index (χ0v) is 14.4. The van der Waals surface area contributed by atoms with Crippen molar-refractivity contribution in [3.05, 3.63) is 27.6 Å². The topological polar surface area (TPSA) is 60.9 Å². The molecule has 20 heavy (non-hydrogen) atoms. The van der Waals surface area contributed by atoms with Crippen LogP contribution < -0.4 is 5.73 Å². The van der Waals surface area contributed by atoms with Crippen molar-refractivity contribution in [1.82, 2.24) is 9.55 Å². The normalized spacial score (nSPS) is 12.0. The average Bonchev–Trinajstić information content (AvgIpc) is 2.66. The summed E-state index contributed by atoms with van der Waals surface area (Å²) in [6.45, 7) is 4.20. The van der Waals surface area contributed by atoms with Crippen LogP contribution in [-0.4, -0.2) is 21.3 Å². The molecule has 108 valence electrons. The smallest absolute Gasteiger partial charge is 0.224 e. The molecule has 0 fully saturated rings. The van der Waals surface area contributed by atoms with E-state index < -0.39 is 5.41 Å². The van der Waals surface area contributed by atoms with E-state index in [2.05, 4.69) is 32.1 Å². The van der Waals surface area contributed by atoms with E-state index in [-0.39, 0.29) is 5.91 Å². The quantitative estimate of drug-likeness (QED) is 0.614. The van der Waals surface area contributed by atoms with Crippen LogP contribution in [0.1, 0.15) is 19.7 Å². The van der Waals surface area contributed by atoms with E-state index >= 15 is 0 Å². The summed E-state index contributed by atoms with van der Waals surface area (Å²) in [7, 11) is 0. The fourth-order valence-electron chi connectivity index (χ4n) is 2.08. The highest BCUT2D eigenvalue weighted by molar-refractivity contribution is 14.1. The van der Waals surface area contributed by atoms with Crippen LogP contribution in [0.4, 0.5) is 0 Å². The van der Waals surface area contributed by atoms with E-state index in [0.717, 1.165) is 20.4 Å². The number of aromatic nitrogens is 2. The van der Waals surface area contributed by atoms with Gasteiger partial charge in [0.15, 0.2) is 0 Å². The van der Waals surface area contributed by atoms with Crippen LogP contribution >= 0.6 is 34.2 Å². The molecule has 0 aliphatic heterocycles. The zero-order valence-electron chi connectivity index (χ0n) is 11.5. The second kappa shape index (κ2) is 5.89. The minimum Gasteiger partial charge on any atom is -0.369 e. The van der Waals surface area contributed by atoms with Crippen LogP contribution in [-0.2, 0) is 17.8 Å². The summed E-state index contributed by atoms with van der Waals surface area (Å²) in [5.41, 5.74) is 6.79. The Balaban J connectivity index is 2.54. The van der Waals surface area contributed by atoms with Crippen LogP contribution in [0.2, 0.25) is 0 Å². The molecule has 1 aromatic heterocycles. The summed E-state index contributed by atoms with van der Waals surface area (Å²) < 4.78 is 3.18. The number of alkyl halides is 1. The predicted octanol–water partition coefficient (Wildman–Crippen LogP) is 2.93. The standard InChI is InChI=1S/C14H17ClIN3O/c1-14(2,13(17)20)8-19-11-4-3-9(16)7-10(11)18-12(19)5-6-15/h3-4,7H,5-6,8H2,1-2H3,(H2,17,20). The molecule has 0 saturated carbocycles. The van der Waals surface area contributed by atoms with Gasteiger partial charge in [0.1, 0.15) is 5.82 Å². The molecule has 0 aliphatic rings. The predicted molar refractivity (Wildman–Crippen MR) is 89.8 cm³/mol. The van der Waals surface area contributed by atoms with Crippen LogP contribution in [0, 0.1) is 8.99 Å². The first-order valence-electron chi connectivity index (χ1n) is 6.35. The molecule has 2 rings (SSSR count). The van der Waals surface area contributed by atoms with Gasteiger partial charge in [-0.05, 0) is 54.6 Å². The Bertz CT molecular complexity index is 651. The molecule has 4 nitrogen and oxygen atoms in total. The summed E-state index contributed by atoms with van der Waals surface area (Å²) in [5, 5.41) is 0. The van der Waals surface area contributed by atoms with E-state index in [1.807, 2.05) is 32.0 Å². The number of halogens is 2. The van der Waals surface area contributed by atoms with Crippen molar-refractivity contribution in [2.45, 2.75) is 26.8 Å². The average molecular weight is 406 g/mol. The zero-order chi connectivity index (χ0) is 14.9. The number of hydrogen-bond acceptors (Lipinski definition) is 2. The summed E-state index contributed by atoms with van der Waals surface area (Å²) >= 11 is 8.11. The van der Waals surface area contributed by atoms with Crippen molar-refractivity contribution in [2.24, 2.45) is 11.1 Å². The van der Waals surface area contributed by atoms with Crippen molar-refractivity contribution < 1.29 is 4.79 Å². The number of primary amides is 1. The highest BCUT2D eigenvalue weighted by Gasteiger charge is 2.27. The molecule has 0 saturated heterocycles. The van der Waals surface area contributed by atoms with Crippen molar-refractivity contribution in [3.63, 3.8) is 0 Å². The summed E-state index contributed by atoms with van der Waals surface area (Å²) in [5.74, 6) is 1.07. The third-order valence-electron chi connectivity index (χ3n) is 3.33. The Hall–Kier alpha value is -0.820. The maximum atomic E-state index is 11.6. The third-order valence-corrected chi connectivity index (χ3v) is 4.19. The number of carbonyl (C=O) groups excluding carboxylic acids is 1. The van der Waals surface area contributed by atoms with E-state index in [1.54, 1.807) is 0 Å². The number of amides is 1. The monoisotopic (exact) mass is 405 g/mol. The van der Waals surface area contributed by atoms with Gasteiger partial charge >= 0.3 is 0 Å². The van der Waals surface area contributed by atoms with Gasteiger partial charge in [-0.2, -0.15) is 0 Å². The van der Waals surface area contributed by atoms with Crippen LogP contribution in [0.3, 0.4) is 0 Å².